The zero-order chi connectivity index (χ0) is 42.0. The van der Waals surface area contributed by atoms with Crippen molar-refractivity contribution in [2.45, 2.75) is 250 Å². The number of hydrogen-bond acceptors (Lipinski definition) is 11. The van der Waals surface area contributed by atoms with Crippen molar-refractivity contribution in [3.8, 4) is 0 Å². The van der Waals surface area contributed by atoms with Gasteiger partial charge in [0.25, 0.3) is 10.1 Å². The van der Waals surface area contributed by atoms with Crippen molar-refractivity contribution in [2.75, 3.05) is 19.0 Å². The number of aliphatic hydroxyl groups is 3. The van der Waals surface area contributed by atoms with Crippen molar-refractivity contribution in [1.82, 2.24) is 0 Å². The zero-order valence-electron chi connectivity index (χ0n) is 36.0. The molecule has 0 aliphatic carbocycles. The fraction of sp³-hybridized carbons (Fsp3) is 0.955. The van der Waals surface area contributed by atoms with Gasteiger partial charge in [0.2, 0.25) is 0 Å². The van der Waals surface area contributed by atoms with E-state index in [9.17, 15) is 37.9 Å². The highest BCUT2D eigenvalue weighted by molar-refractivity contribution is 7.85. The van der Waals surface area contributed by atoms with Crippen LogP contribution < -0.4 is 0 Å². The van der Waals surface area contributed by atoms with E-state index in [1.807, 2.05) is 0 Å². The molecule has 0 radical (unpaired) electrons. The molecule has 1 fully saturated rings. The molecule has 0 aromatic heterocycles. The highest BCUT2D eigenvalue weighted by Crippen LogP contribution is 2.24. The molecule has 0 amide bonds. The summed E-state index contributed by atoms with van der Waals surface area (Å²) in [7, 11) is -4.59. The highest BCUT2D eigenvalue weighted by atomic mass is 32.2. The van der Waals surface area contributed by atoms with Crippen LogP contribution in [0.1, 0.15) is 213 Å². The summed E-state index contributed by atoms with van der Waals surface area (Å²) in [5.41, 5.74) is 0. The van der Waals surface area contributed by atoms with E-state index in [4.69, 9.17) is 18.9 Å². The molecule has 338 valence electrons. The van der Waals surface area contributed by atoms with Crippen LogP contribution in [0.4, 0.5) is 0 Å². The first-order valence-corrected chi connectivity index (χ1v) is 24.7. The molecular weight excluding hydrogens is 753 g/mol. The Balaban J connectivity index is 2.30. The van der Waals surface area contributed by atoms with Crippen LogP contribution >= 0.6 is 0 Å². The molecule has 1 rings (SSSR count). The maximum atomic E-state index is 12.8. The standard InChI is InChI=1S/C44H84O12S/c1-3-5-7-9-11-12-13-14-15-16-17-18-19-20-21-22-23-24-25-27-29-31-33-40(46)55-37(34-53-39(45)32-30-28-26-10-8-6-4-2)35-54-44-43(49)42(48)41(47)38(56-44)36-57(50,51)52/h37-38,41-44,47-49H,3-36H2,1-2H3,(H,50,51,52)/t37-,38-,41-,42?,43?,44+/m1/s1. The van der Waals surface area contributed by atoms with Crippen molar-refractivity contribution in [3.63, 3.8) is 0 Å². The van der Waals surface area contributed by atoms with Crippen LogP contribution in [-0.4, -0.2) is 96.0 Å². The van der Waals surface area contributed by atoms with Gasteiger partial charge >= 0.3 is 11.9 Å². The lowest BCUT2D eigenvalue weighted by Gasteiger charge is -2.40. The van der Waals surface area contributed by atoms with Crippen molar-refractivity contribution in [2.24, 2.45) is 0 Å². The molecule has 12 nitrogen and oxygen atoms in total. The molecule has 1 saturated heterocycles. The van der Waals surface area contributed by atoms with Gasteiger partial charge in [-0.2, -0.15) is 8.42 Å². The van der Waals surface area contributed by atoms with Gasteiger partial charge in [0.1, 0.15) is 36.8 Å². The number of ether oxygens (including phenoxy) is 4. The summed E-state index contributed by atoms with van der Waals surface area (Å²) in [6, 6.07) is 0. The minimum Gasteiger partial charge on any atom is -0.462 e. The third kappa shape index (κ3) is 30.4. The SMILES string of the molecule is CCCCCCCCCCCCCCCCCCCCCCCCC(=O)O[C@H](COC(=O)CCCCCCCCC)CO[C@H]1O[C@H](CS(=O)(=O)O)[C@@H](O)C(O)C1O. The van der Waals surface area contributed by atoms with Gasteiger partial charge < -0.3 is 34.3 Å². The number of esters is 2. The lowest BCUT2D eigenvalue weighted by Crippen LogP contribution is -2.60. The quantitative estimate of drug-likeness (QED) is 0.0262. The van der Waals surface area contributed by atoms with E-state index < -0.39 is 71.2 Å². The summed E-state index contributed by atoms with van der Waals surface area (Å²) >= 11 is 0. The monoisotopic (exact) mass is 837 g/mol. The molecule has 0 saturated carbocycles. The molecule has 0 spiro atoms. The van der Waals surface area contributed by atoms with Gasteiger partial charge in [-0.15, -0.1) is 0 Å². The van der Waals surface area contributed by atoms with Crippen LogP contribution in [0, 0.1) is 0 Å². The first-order valence-electron chi connectivity index (χ1n) is 23.1. The minimum absolute atomic E-state index is 0.172. The predicted octanol–water partition coefficient (Wildman–Crippen LogP) is 9.29. The number of aliphatic hydroxyl groups excluding tert-OH is 3. The van der Waals surface area contributed by atoms with Crippen molar-refractivity contribution >= 4 is 22.1 Å². The molecule has 1 aliphatic rings. The highest BCUT2D eigenvalue weighted by Gasteiger charge is 2.46. The Morgan fingerprint density at radius 1 is 0.526 bits per heavy atom. The van der Waals surface area contributed by atoms with Gasteiger partial charge in [-0.25, -0.2) is 0 Å². The van der Waals surface area contributed by atoms with E-state index in [-0.39, 0.29) is 19.4 Å². The van der Waals surface area contributed by atoms with E-state index in [2.05, 4.69) is 13.8 Å². The normalized spacial score (nSPS) is 20.4. The fourth-order valence-corrected chi connectivity index (χ4v) is 8.02. The number of rotatable bonds is 39. The average Bonchev–Trinajstić information content (AvgIpc) is 3.17. The van der Waals surface area contributed by atoms with Gasteiger partial charge in [-0.1, -0.05) is 187 Å². The van der Waals surface area contributed by atoms with E-state index in [0.717, 1.165) is 38.5 Å². The average molecular weight is 837 g/mol. The van der Waals surface area contributed by atoms with Gasteiger partial charge in [-0.05, 0) is 12.8 Å². The summed E-state index contributed by atoms with van der Waals surface area (Å²) in [4.78, 5) is 25.2. The van der Waals surface area contributed by atoms with Crippen molar-refractivity contribution < 1.29 is 56.8 Å². The number of unbranched alkanes of at least 4 members (excludes halogenated alkanes) is 27. The zero-order valence-corrected chi connectivity index (χ0v) is 36.8. The molecule has 57 heavy (non-hydrogen) atoms. The summed E-state index contributed by atoms with van der Waals surface area (Å²) in [6.07, 6.45) is 26.2. The number of carbonyl (C=O) groups excluding carboxylic acids is 2. The van der Waals surface area contributed by atoms with Crippen molar-refractivity contribution in [3.05, 3.63) is 0 Å². The molecule has 1 heterocycles. The van der Waals surface area contributed by atoms with E-state index in [0.29, 0.717) is 12.8 Å². The second-order valence-electron chi connectivity index (χ2n) is 16.4. The lowest BCUT2D eigenvalue weighted by molar-refractivity contribution is -0.297. The summed E-state index contributed by atoms with van der Waals surface area (Å²) in [5, 5.41) is 30.8. The lowest BCUT2D eigenvalue weighted by atomic mass is 10.00. The van der Waals surface area contributed by atoms with Crippen LogP contribution in [-0.2, 0) is 38.7 Å². The maximum Gasteiger partial charge on any atom is 0.306 e. The second-order valence-corrected chi connectivity index (χ2v) is 17.9. The largest absolute Gasteiger partial charge is 0.462 e. The second kappa shape index (κ2) is 35.4. The Hall–Kier alpha value is -1.35. The van der Waals surface area contributed by atoms with E-state index in [1.165, 1.54) is 135 Å². The predicted molar refractivity (Wildman–Crippen MR) is 224 cm³/mol. The summed E-state index contributed by atoms with van der Waals surface area (Å²) in [5.74, 6) is -1.97. The first kappa shape index (κ1) is 53.7. The fourth-order valence-electron chi connectivity index (χ4n) is 7.33. The van der Waals surface area contributed by atoms with Crippen LogP contribution in [0.5, 0.6) is 0 Å². The smallest absolute Gasteiger partial charge is 0.306 e. The Bertz CT molecular complexity index is 1070. The first-order chi connectivity index (χ1) is 27.5. The molecule has 0 aromatic rings. The number of carbonyl (C=O) groups is 2. The van der Waals surface area contributed by atoms with E-state index in [1.54, 1.807) is 0 Å². The minimum atomic E-state index is -4.59. The van der Waals surface area contributed by atoms with E-state index >= 15 is 0 Å². The van der Waals surface area contributed by atoms with Crippen molar-refractivity contribution in [1.29, 1.82) is 0 Å². The summed E-state index contributed by atoms with van der Waals surface area (Å²) < 4.78 is 53.9. The van der Waals surface area contributed by atoms with Crippen LogP contribution in [0.25, 0.3) is 0 Å². The third-order valence-electron chi connectivity index (χ3n) is 10.9. The molecule has 2 unspecified atom stereocenters. The Morgan fingerprint density at radius 3 is 1.28 bits per heavy atom. The van der Waals surface area contributed by atoms with Gasteiger partial charge in [-0.3, -0.25) is 14.1 Å². The Kier molecular flexibility index (Phi) is 33.3. The molecule has 0 aromatic carbocycles. The van der Waals surface area contributed by atoms with Crippen LogP contribution in [0.15, 0.2) is 0 Å². The molecule has 1 aliphatic heterocycles. The topological polar surface area (TPSA) is 186 Å². The van der Waals surface area contributed by atoms with Gasteiger partial charge in [0.15, 0.2) is 12.4 Å². The molecule has 13 heteroatoms. The maximum absolute atomic E-state index is 12.8. The molecule has 6 atom stereocenters. The van der Waals surface area contributed by atoms with Gasteiger partial charge in [0, 0.05) is 12.8 Å². The summed E-state index contributed by atoms with van der Waals surface area (Å²) in [6.45, 7) is 3.73. The molecule has 0 bridgehead atoms. The third-order valence-corrected chi connectivity index (χ3v) is 11.7. The number of hydrogen-bond donors (Lipinski definition) is 4. The Labute approximate surface area is 346 Å². The van der Waals surface area contributed by atoms with Crippen LogP contribution in [0.2, 0.25) is 0 Å². The Morgan fingerprint density at radius 2 is 0.895 bits per heavy atom. The van der Waals surface area contributed by atoms with Gasteiger partial charge in [0.05, 0.1) is 6.61 Å². The molecule has 4 N–H and O–H groups in total. The molecular formula is C44H84O12S. The van der Waals surface area contributed by atoms with Crippen LogP contribution in [0.3, 0.4) is 0 Å².